The SMILES string of the molecule is COC(=O)c1ccc(-c2nc3c(C(N)=O)cccc3[nH]2)nc1. The fraction of sp³-hybridized carbons (Fsp3) is 0.0667. The van der Waals surface area contributed by atoms with Crippen molar-refractivity contribution in [2.24, 2.45) is 5.73 Å². The van der Waals surface area contributed by atoms with Crippen molar-refractivity contribution >= 4 is 22.9 Å². The lowest BCUT2D eigenvalue weighted by Crippen LogP contribution is -2.11. The molecule has 7 heteroatoms. The number of amides is 1. The van der Waals surface area contributed by atoms with E-state index in [0.29, 0.717) is 33.7 Å². The lowest BCUT2D eigenvalue weighted by Gasteiger charge is -1.99. The van der Waals surface area contributed by atoms with Crippen LogP contribution in [0.5, 0.6) is 0 Å². The molecule has 3 N–H and O–H groups in total. The first-order chi connectivity index (χ1) is 10.6. The number of primary amides is 1. The summed E-state index contributed by atoms with van der Waals surface area (Å²) in [5, 5.41) is 0. The molecule has 0 aliphatic rings. The van der Waals surface area contributed by atoms with Crippen molar-refractivity contribution in [1.82, 2.24) is 15.0 Å². The van der Waals surface area contributed by atoms with Crippen molar-refractivity contribution in [3.8, 4) is 11.5 Å². The van der Waals surface area contributed by atoms with Gasteiger partial charge < -0.3 is 15.5 Å². The molecular formula is C15H12N4O3. The molecule has 0 aliphatic heterocycles. The van der Waals surface area contributed by atoms with Gasteiger partial charge in [-0.3, -0.25) is 9.78 Å². The van der Waals surface area contributed by atoms with Crippen LogP contribution in [0, 0.1) is 0 Å². The number of imidazole rings is 1. The summed E-state index contributed by atoms with van der Waals surface area (Å²) in [5.74, 6) is -0.516. The van der Waals surface area contributed by atoms with Gasteiger partial charge in [0.15, 0.2) is 5.82 Å². The molecule has 2 heterocycles. The Labute approximate surface area is 125 Å². The van der Waals surface area contributed by atoms with Crippen LogP contribution in [0.15, 0.2) is 36.5 Å². The predicted octanol–water partition coefficient (Wildman–Crippen LogP) is 1.51. The molecule has 7 nitrogen and oxygen atoms in total. The third-order valence-electron chi connectivity index (χ3n) is 3.21. The number of nitrogens with zero attached hydrogens (tertiary/aromatic N) is 2. The summed E-state index contributed by atoms with van der Waals surface area (Å²) in [6, 6.07) is 8.37. The summed E-state index contributed by atoms with van der Waals surface area (Å²) < 4.78 is 4.62. The van der Waals surface area contributed by atoms with Gasteiger partial charge in [-0.15, -0.1) is 0 Å². The standard InChI is InChI=1S/C15H12N4O3/c1-22-15(21)8-5-6-11(17-7-8)14-18-10-4-2-3-9(13(16)20)12(10)19-14/h2-7H,1H3,(H2,16,20)(H,18,19). The van der Waals surface area contributed by atoms with E-state index < -0.39 is 11.9 Å². The normalized spacial score (nSPS) is 10.6. The molecule has 0 saturated heterocycles. The zero-order valence-electron chi connectivity index (χ0n) is 11.7. The van der Waals surface area contributed by atoms with Crippen LogP contribution in [0.3, 0.4) is 0 Å². The van der Waals surface area contributed by atoms with Gasteiger partial charge >= 0.3 is 5.97 Å². The van der Waals surface area contributed by atoms with E-state index >= 15 is 0 Å². The van der Waals surface area contributed by atoms with Crippen LogP contribution in [-0.2, 0) is 4.74 Å². The Morgan fingerprint density at radius 3 is 2.68 bits per heavy atom. The van der Waals surface area contributed by atoms with E-state index in [-0.39, 0.29) is 0 Å². The number of carbonyl (C=O) groups is 2. The number of benzene rings is 1. The van der Waals surface area contributed by atoms with Crippen molar-refractivity contribution in [2.75, 3.05) is 7.11 Å². The molecule has 2 aromatic heterocycles. The van der Waals surface area contributed by atoms with Crippen LogP contribution < -0.4 is 5.73 Å². The third kappa shape index (κ3) is 2.28. The van der Waals surface area contributed by atoms with Gasteiger partial charge in [0, 0.05) is 6.20 Å². The highest BCUT2D eigenvalue weighted by Crippen LogP contribution is 2.21. The second-order valence-electron chi connectivity index (χ2n) is 4.58. The number of methoxy groups -OCH3 is 1. The molecule has 0 spiro atoms. The summed E-state index contributed by atoms with van der Waals surface area (Å²) in [7, 11) is 1.31. The van der Waals surface area contributed by atoms with E-state index in [0.717, 1.165) is 0 Å². The van der Waals surface area contributed by atoms with Crippen molar-refractivity contribution in [1.29, 1.82) is 0 Å². The Morgan fingerprint density at radius 1 is 1.23 bits per heavy atom. The number of esters is 1. The number of hydrogen-bond donors (Lipinski definition) is 2. The fourth-order valence-corrected chi connectivity index (χ4v) is 2.12. The van der Waals surface area contributed by atoms with Gasteiger partial charge in [-0.2, -0.15) is 0 Å². The Bertz CT molecular complexity index is 868. The lowest BCUT2D eigenvalue weighted by molar-refractivity contribution is 0.0600. The summed E-state index contributed by atoms with van der Waals surface area (Å²) in [6.45, 7) is 0. The minimum absolute atomic E-state index is 0.339. The molecule has 0 bridgehead atoms. The molecule has 22 heavy (non-hydrogen) atoms. The second kappa shape index (κ2) is 5.28. The van der Waals surface area contributed by atoms with Gasteiger partial charge in [0.25, 0.3) is 5.91 Å². The highest BCUT2D eigenvalue weighted by Gasteiger charge is 2.13. The molecule has 0 saturated carbocycles. The van der Waals surface area contributed by atoms with E-state index in [1.165, 1.54) is 13.3 Å². The molecule has 110 valence electrons. The lowest BCUT2D eigenvalue weighted by atomic mass is 10.2. The number of H-pyrrole nitrogens is 1. The molecule has 3 rings (SSSR count). The van der Waals surface area contributed by atoms with E-state index in [1.807, 2.05) is 0 Å². The van der Waals surface area contributed by atoms with Crippen molar-refractivity contribution in [3.05, 3.63) is 47.7 Å². The minimum Gasteiger partial charge on any atom is -0.465 e. The average molecular weight is 296 g/mol. The number of hydrogen-bond acceptors (Lipinski definition) is 5. The summed E-state index contributed by atoms with van der Waals surface area (Å²) in [4.78, 5) is 34.4. The Morgan fingerprint density at radius 2 is 2.05 bits per heavy atom. The first-order valence-corrected chi connectivity index (χ1v) is 6.43. The van der Waals surface area contributed by atoms with Crippen LogP contribution in [-0.4, -0.2) is 33.9 Å². The van der Waals surface area contributed by atoms with Gasteiger partial charge in [0.2, 0.25) is 0 Å². The number of nitrogens with one attached hydrogen (secondary N) is 1. The number of para-hydroxylation sites is 1. The van der Waals surface area contributed by atoms with Crippen LogP contribution >= 0.6 is 0 Å². The van der Waals surface area contributed by atoms with Crippen molar-refractivity contribution in [3.63, 3.8) is 0 Å². The number of aromatic nitrogens is 3. The largest absolute Gasteiger partial charge is 0.465 e. The summed E-state index contributed by atoms with van der Waals surface area (Å²) in [6.07, 6.45) is 1.41. The fourth-order valence-electron chi connectivity index (χ4n) is 2.12. The van der Waals surface area contributed by atoms with E-state index in [1.54, 1.807) is 30.3 Å². The quantitative estimate of drug-likeness (QED) is 0.712. The van der Waals surface area contributed by atoms with Gasteiger partial charge in [-0.25, -0.2) is 9.78 Å². The third-order valence-corrected chi connectivity index (χ3v) is 3.21. The zero-order chi connectivity index (χ0) is 15.7. The van der Waals surface area contributed by atoms with Crippen LogP contribution in [0.4, 0.5) is 0 Å². The number of nitrogens with two attached hydrogens (primary N) is 1. The molecule has 1 amide bonds. The first kappa shape index (κ1) is 13.7. The van der Waals surface area contributed by atoms with Crippen LogP contribution in [0.25, 0.3) is 22.6 Å². The second-order valence-corrected chi connectivity index (χ2v) is 4.58. The first-order valence-electron chi connectivity index (χ1n) is 6.43. The highest BCUT2D eigenvalue weighted by molar-refractivity contribution is 6.04. The molecule has 0 aliphatic carbocycles. The van der Waals surface area contributed by atoms with E-state index in [4.69, 9.17) is 5.73 Å². The maximum atomic E-state index is 11.4. The number of aromatic amines is 1. The smallest absolute Gasteiger partial charge is 0.339 e. The Balaban J connectivity index is 2.05. The minimum atomic E-state index is -0.544. The van der Waals surface area contributed by atoms with Crippen molar-refractivity contribution in [2.45, 2.75) is 0 Å². The molecule has 3 aromatic rings. The van der Waals surface area contributed by atoms with Crippen molar-refractivity contribution < 1.29 is 14.3 Å². The molecule has 0 radical (unpaired) electrons. The Kier molecular flexibility index (Phi) is 3.30. The summed E-state index contributed by atoms with van der Waals surface area (Å²) >= 11 is 0. The van der Waals surface area contributed by atoms with E-state index in [2.05, 4.69) is 19.7 Å². The monoisotopic (exact) mass is 296 g/mol. The number of ether oxygens (including phenoxy) is 1. The maximum absolute atomic E-state index is 11.4. The molecule has 1 aromatic carbocycles. The number of pyridine rings is 1. The number of rotatable bonds is 3. The van der Waals surface area contributed by atoms with Crippen LogP contribution in [0.1, 0.15) is 20.7 Å². The maximum Gasteiger partial charge on any atom is 0.339 e. The average Bonchev–Trinajstić information content (AvgIpc) is 2.98. The molecule has 0 fully saturated rings. The highest BCUT2D eigenvalue weighted by atomic mass is 16.5. The van der Waals surface area contributed by atoms with E-state index in [9.17, 15) is 9.59 Å². The van der Waals surface area contributed by atoms with Gasteiger partial charge in [0.05, 0.1) is 23.8 Å². The zero-order valence-corrected chi connectivity index (χ0v) is 11.7. The molecule has 0 unspecified atom stereocenters. The van der Waals surface area contributed by atoms with Gasteiger partial charge in [-0.05, 0) is 24.3 Å². The molecular weight excluding hydrogens is 284 g/mol. The number of carbonyl (C=O) groups excluding carboxylic acids is 2. The van der Waals surface area contributed by atoms with Gasteiger partial charge in [-0.1, -0.05) is 6.07 Å². The van der Waals surface area contributed by atoms with Crippen LogP contribution in [0.2, 0.25) is 0 Å². The van der Waals surface area contributed by atoms with Gasteiger partial charge in [0.1, 0.15) is 11.2 Å². The topological polar surface area (TPSA) is 111 Å². The predicted molar refractivity (Wildman–Crippen MR) is 79.2 cm³/mol. The number of fused-ring (bicyclic) bond motifs is 1. The molecule has 0 atom stereocenters. The summed E-state index contributed by atoms with van der Waals surface area (Å²) in [5.41, 5.74) is 7.74. The Hall–Kier alpha value is -3.22.